The largest absolute Gasteiger partial charge is 0.497 e. The topological polar surface area (TPSA) is 86.3 Å². The maximum absolute atomic E-state index is 12.8. The van der Waals surface area contributed by atoms with Gasteiger partial charge in [-0.05, 0) is 42.1 Å². The molecular weight excluding hydrogens is 408 g/mol. The summed E-state index contributed by atoms with van der Waals surface area (Å²) in [6.07, 6.45) is 1.63. The Labute approximate surface area is 178 Å². The average molecular weight is 430 g/mol. The van der Waals surface area contributed by atoms with E-state index >= 15 is 0 Å². The number of rotatable bonds is 8. The molecule has 1 aliphatic rings. The van der Waals surface area contributed by atoms with E-state index in [1.54, 1.807) is 56.7 Å². The van der Waals surface area contributed by atoms with Gasteiger partial charge in [0.1, 0.15) is 23.0 Å². The Hall–Kier alpha value is -3.33. The monoisotopic (exact) mass is 430 g/mol. The summed E-state index contributed by atoms with van der Waals surface area (Å²) in [7, 11) is 6.19. The molecule has 3 rings (SSSR count). The van der Waals surface area contributed by atoms with Crippen molar-refractivity contribution >= 4 is 34.7 Å². The van der Waals surface area contributed by atoms with Gasteiger partial charge in [-0.25, -0.2) is 0 Å². The van der Waals surface area contributed by atoms with Crippen molar-refractivity contribution in [3.63, 3.8) is 0 Å². The average Bonchev–Trinajstić information content (AvgIpc) is 3.04. The second-order valence-corrected chi connectivity index (χ2v) is 7.11. The zero-order valence-corrected chi connectivity index (χ0v) is 17.9. The van der Waals surface area contributed by atoms with Crippen LogP contribution in [0.4, 0.5) is 10.5 Å². The number of carbonyl (C=O) groups is 2. The molecule has 1 heterocycles. The number of anilines is 1. The van der Waals surface area contributed by atoms with Gasteiger partial charge in [0.15, 0.2) is 0 Å². The first-order valence-corrected chi connectivity index (χ1v) is 9.75. The molecule has 0 aromatic heterocycles. The second-order valence-electron chi connectivity index (χ2n) is 6.12. The Morgan fingerprint density at radius 3 is 2.23 bits per heavy atom. The van der Waals surface area contributed by atoms with Crippen molar-refractivity contribution in [2.45, 2.75) is 0 Å². The van der Waals surface area contributed by atoms with Crippen LogP contribution >= 0.6 is 11.8 Å². The molecular formula is C21H22N2O6S. The van der Waals surface area contributed by atoms with E-state index in [1.807, 2.05) is 0 Å². The standard InChI is InChI=1S/C21H22N2O6S/c1-26-14-7-8-17(28-3)16(10-14)22-12-23-20(24)19(30-21(23)25)9-13-5-6-15(27-2)11-18(13)29-4/h5-11,22H,12H2,1-4H3/b19-9+. The van der Waals surface area contributed by atoms with Crippen LogP contribution in [-0.4, -0.2) is 51.2 Å². The van der Waals surface area contributed by atoms with Crippen LogP contribution in [0.3, 0.4) is 0 Å². The van der Waals surface area contributed by atoms with Gasteiger partial charge >= 0.3 is 0 Å². The van der Waals surface area contributed by atoms with E-state index in [1.165, 1.54) is 14.2 Å². The lowest BCUT2D eigenvalue weighted by Crippen LogP contribution is -2.33. The van der Waals surface area contributed by atoms with Crippen molar-refractivity contribution in [2.24, 2.45) is 0 Å². The molecule has 0 bridgehead atoms. The fourth-order valence-corrected chi connectivity index (χ4v) is 3.66. The zero-order chi connectivity index (χ0) is 21.7. The molecule has 1 aliphatic heterocycles. The molecule has 9 heteroatoms. The van der Waals surface area contributed by atoms with Gasteiger partial charge in [0.2, 0.25) is 0 Å². The fourth-order valence-electron chi connectivity index (χ4n) is 2.83. The van der Waals surface area contributed by atoms with Crippen LogP contribution in [-0.2, 0) is 4.79 Å². The SMILES string of the molecule is COc1ccc(OC)c(NCN2C(=O)S/C(=C/c3ccc(OC)cc3OC)C2=O)c1. The van der Waals surface area contributed by atoms with Crippen molar-refractivity contribution < 1.29 is 28.5 Å². The molecule has 0 saturated carbocycles. The summed E-state index contributed by atoms with van der Waals surface area (Å²) in [5.41, 5.74) is 1.28. The molecule has 0 aliphatic carbocycles. The molecule has 2 aromatic rings. The lowest BCUT2D eigenvalue weighted by atomic mass is 10.1. The Bertz CT molecular complexity index is 991. The number of carbonyl (C=O) groups excluding carboxylic acids is 2. The third-order valence-corrected chi connectivity index (χ3v) is 5.34. The van der Waals surface area contributed by atoms with E-state index in [4.69, 9.17) is 18.9 Å². The highest BCUT2D eigenvalue weighted by Gasteiger charge is 2.35. The maximum atomic E-state index is 12.8. The summed E-state index contributed by atoms with van der Waals surface area (Å²) in [5.74, 6) is 1.98. The molecule has 1 N–H and O–H groups in total. The maximum Gasteiger partial charge on any atom is 0.295 e. The molecule has 0 atom stereocenters. The minimum atomic E-state index is -0.391. The Morgan fingerprint density at radius 1 is 0.900 bits per heavy atom. The third kappa shape index (κ3) is 4.46. The number of benzene rings is 2. The molecule has 158 valence electrons. The highest BCUT2D eigenvalue weighted by Crippen LogP contribution is 2.35. The molecule has 8 nitrogen and oxygen atoms in total. The lowest BCUT2D eigenvalue weighted by molar-refractivity contribution is -0.122. The van der Waals surface area contributed by atoms with Gasteiger partial charge < -0.3 is 24.3 Å². The van der Waals surface area contributed by atoms with Gasteiger partial charge in [-0.15, -0.1) is 0 Å². The molecule has 30 heavy (non-hydrogen) atoms. The number of hydrogen-bond donors (Lipinski definition) is 1. The van der Waals surface area contributed by atoms with Gasteiger partial charge in [0.25, 0.3) is 11.1 Å². The van der Waals surface area contributed by atoms with Crippen LogP contribution < -0.4 is 24.3 Å². The highest BCUT2D eigenvalue weighted by molar-refractivity contribution is 8.18. The molecule has 0 radical (unpaired) electrons. The number of imide groups is 1. The smallest absolute Gasteiger partial charge is 0.295 e. The third-order valence-electron chi connectivity index (χ3n) is 4.44. The number of methoxy groups -OCH3 is 4. The summed E-state index contributed by atoms with van der Waals surface area (Å²) in [4.78, 5) is 26.7. The number of ether oxygens (including phenoxy) is 4. The van der Waals surface area contributed by atoms with Crippen LogP contribution in [0.2, 0.25) is 0 Å². The van der Waals surface area contributed by atoms with E-state index in [2.05, 4.69) is 5.32 Å². The molecule has 1 fully saturated rings. The Kier molecular flexibility index (Phi) is 6.73. The normalized spacial score (nSPS) is 14.8. The van der Waals surface area contributed by atoms with Crippen LogP contribution in [0.1, 0.15) is 5.56 Å². The Morgan fingerprint density at radius 2 is 1.57 bits per heavy atom. The van der Waals surface area contributed by atoms with E-state index < -0.39 is 5.91 Å². The van der Waals surface area contributed by atoms with Crippen molar-refractivity contribution in [3.05, 3.63) is 46.9 Å². The molecule has 0 unspecified atom stereocenters. The van der Waals surface area contributed by atoms with Gasteiger partial charge in [0.05, 0.1) is 45.7 Å². The van der Waals surface area contributed by atoms with Gasteiger partial charge in [-0.2, -0.15) is 0 Å². The number of hydrogen-bond acceptors (Lipinski definition) is 8. The van der Waals surface area contributed by atoms with Crippen molar-refractivity contribution in [1.82, 2.24) is 4.90 Å². The molecule has 1 saturated heterocycles. The molecule has 2 amide bonds. The van der Waals surface area contributed by atoms with Crippen molar-refractivity contribution in [1.29, 1.82) is 0 Å². The van der Waals surface area contributed by atoms with Crippen molar-refractivity contribution in [2.75, 3.05) is 40.4 Å². The summed E-state index contributed by atoms with van der Waals surface area (Å²) < 4.78 is 21.1. The first kappa shape index (κ1) is 21.4. The van der Waals surface area contributed by atoms with Crippen LogP contribution in [0, 0.1) is 0 Å². The number of amides is 2. The lowest BCUT2D eigenvalue weighted by Gasteiger charge is -2.17. The van der Waals surface area contributed by atoms with Gasteiger partial charge in [0, 0.05) is 17.7 Å². The fraction of sp³-hybridized carbons (Fsp3) is 0.238. The van der Waals surface area contributed by atoms with Gasteiger partial charge in [-0.1, -0.05) is 0 Å². The van der Waals surface area contributed by atoms with E-state index in [-0.39, 0.29) is 11.9 Å². The molecule has 2 aromatic carbocycles. The highest BCUT2D eigenvalue weighted by atomic mass is 32.2. The summed E-state index contributed by atoms with van der Waals surface area (Å²) in [5, 5.41) is 2.69. The minimum Gasteiger partial charge on any atom is -0.497 e. The van der Waals surface area contributed by atoms with Crippen LogP contribution in [0.5, 0.6) is 23.0 Å². The van der Waals surface area contributed by atoms with E-state index in [0.29, 0.717) is 39.2 Å². The zero-order valence-electron chi connectivity index (χ0n) is 17.1. The predicted molar refractivity (Wildman–Crippen MR) is 115 cm³/mol. The van der Waals surface area contributed by atoms with E-state index in [9.17, 15) is 9.59 Å². The summed E-state index contributed by atoms with van der Waals surface area (Å²) >= 11 is 0.874. The van der Waals surface area contributed by atoms with E-state index in [0.717, 1.165) is 16.7 Å². The quantitative estimate of drug-likeness (QED) is 0.633. The van der Waals surface area contributed by atoms with Crippen LogP contribution in [0.25, 0.3) is 6.08 Å². The van der Waals surface area contributed by atoms with Crippen LogP contribution in [0.15, 0.2) is 41.3 Å². The first-order chi connectivity index (χ1) is 14.5. The molecule has 0 spiro atoms. The number of nitrogens with zero attached hydrogens (tertiary/aromatic N) is 1. The minimum absolute atomic E-state index is 0.00865. The Balaban J connectivity index is 1.78. The first-order valence-electron chi connectivity index (χ1n) is 8.94. The number of thioether (sulfide) groups is 1. The number of nitrogens with one attached hydrogen (secondary N) is 1. The summed E-state index contributed by atoms with van der Waals surface area (Å²) in [6.45, 7) is -0.00865. The summed E-state index contributed by atoms with van der Waals surface area (Å²) in [6, 6.07) is 10.5. The van der Waals surface area contributed by atoms with Gasteiger partial charge in [-0.3, -0.25) is 14.5 Å². The second kappa shape index (κ2) is 9.45. The predicted octanol–water partition coefficient (Wildman–Crippen LogP) is 3.83. The van der Waals surface area contributed by atoms with Crippen molar-refractivity contribution in [3.8, 4) is 23.0 Å².